The summed E-state index contributed by atoms with van der Waals surface area (Å²) >= 11 is 0. The molecule has 1 unspecified atom stereocenters. The molecule has 0 bridgehead atoms. The minimum absolute atomic E-state index is 0.412. The second-order valence-corrected chi connectivity index (χ2v) is 4.90. The van der Waals surface area contributed by atoms with Crippen molar-refractivity contribution in [1.82, 2.24) is 14.5 Å². The monoisotopic (exact) mass is 230 g/mol. The van der Waals surface area contributed by atoms with Crippen LogP contribution in [0.25, 0.3) is 11.2 Å². The second-order valence-electron chi connectivity index (χ2n) is 4.90. The van der Waals surface area contributed by atoms with Crippen LogP contribution in [0.4, 0.5) is 0 Å². The summed E-state index contributed by atoms with van der Waals surface area (Å²) in [5.74, 6) is 1.57. The molecule has 0 aliphatic heterocycles. The van der Waals surface area contributed by atoms with Gasteiger partial charge in [0.1, 0.15) is 11.3 Å². The summed E-state index contributed by atoms with van der Waals surface area (Å²) in [6, 6.07) is 4.61. The average molecular weight is 230 g/mol. The zero-order valence-electron chi connectivity index (χ0n) is 10.1. The smallest absolute Gasteiger partial charge is 0.160 e. The molecule has 0 spiro atoms. The lowest BCUT2D eigenvalue weighted by molar-refractivity contribution is 0.591. The van der Waals surface area contributed by atoms with Gasteiger partial charge in [-0.25, -0.2) is 9.97 Å². The van der Waals surface area contributed by atoms with Gasteiger partial charge in [-0.2, -0.15) is 0 Å². The molecule has 1 aliphatic carbocycles. The average Bonchev–Trinajstić information content (AvgIpc) is 3.09. The highest BCUT2D eigenvalue weighted by Gasteiger charge is 2.30. The number of pyridine rings is 1. The van der Waals surface area contributed by atoms with E-state index in [0.29, 0.717) is 18.5 Å². The van der Waals surface area contributed by atoms with E-state index in [1.165, 1.54) is 12.8 Å². The number of imidazole rings is 1. The lowest BCUT2D eigenvalue weighted by Crippen LogP contribution is -2.10. The highest BCUT2D eigenvalue weighted by Crippen LogP contribution is 2.39. The number of fused-ring (bicyclic) bond motifs is 1. The Morgan fingerprint density at radius 2 is 2.35 bits per heavy atom. The molecule has 1 atom stereocenters. The number of hydrogen-bond acceptors (Lipinski definition) is 3. The summed E-state index contributed by atoms with van der Waals surface area (Å²) in [6.45, 7) is 2.91. The molecule has 2 aromatic heterocycles. The molecule has 0 aromatic carbocycles. The van der Waals surface area contributed by atoms with Crippen LogP contribution >= 0.6 is 0 Å². The van der Waals surface area contributed by atoms with Crippen LogP contribution in [0.15, 0.2) is 18.3 Å². The fourth-order valence-corrected chi connectivity index (χ4v) is 2.37. The van der Waals surface area contributed by atoms with Crippen LogP contribution in [0, 0.1) is 0 Å². The molecule has 2 N–H and O–H groups in total. The highest BCUT2D eigenvalue weighted by atomic mass is 15.2. The SMILES string of the molecule is CC(CCN)c1nc2cccnc2n1C1CC1. The molecule has 2 aromatic rings. The molecule has 90 valence electrons. The number of nitrogens with two attached hydrogens (primary N) is 1. The number of rotatable bonds is 4. The minimum atomic E-state index is 0.412. The lowest BCUT2D eigenvalue weighted by atomic mass is 10.1. The fraction of sp³-hybridized carbons (Fsp3) is 0.538. The Morgan fingerprint density at radius 3 is 3.06 bits per heavy atom. The second kappa shape index (κ2) is 4.11. The van der Waals surface area contributed by atoms with Crippen LogP contribution in [-0.4, -0.2) is 21.1 Å². The minimum Gasteiger partial charge on any atom is -0.330 e. The van der Waals surface area contributed by atoms with E-state index in [0.717, 1.165) is 23.4 Å². The van der Waals surface area contributed by atoms with Gasteiger partial charge < -0.3 is 10.3 Å². The Balaban J connectivity index is 2.12. The molecule has 0 amide bonds. The van der Waals surface area contributed by atoms with E-state index in [1.54, 1.807) is 0 Å². The summed E-state index contributed by atoms with van der Waals surface area (Å²) in [5.41, 5.74) is 7.70. The molecule has 17 heavy (non-hydrogen) atoms. The zero-order chi connectivity index (χ0) is 11.8. The summed E-state index contributed by atoms with van der Waals surface area (Å²) in [6.07, 6.45) is 5.34. The van der Waals surface area contributed by atoms with E-state index < -0.39 is 0 Å². The molecule has 0 radical (unpaired) electrons. The maximum atomic E-state index is 5.65. The van der Waals surface area contributed by atoms with Crippen molar-refractivity contribution in [1.29, 1.82) is 0 Å². The standard InChI is InChI=1S/C13H18N4/c1-9(6-7-14)12-16-11-3-2-8-15-13(11)17(12)10-4-5-10/h2-3,8-10H,4-7,14H2,1H3. The van der Waals surface area contributed by atoms with Crippen molar-refractivity contribution in [3.05, 3.63) is 24.2 Å². The summed E-state index contributed by atoms with van der Waals surface area (Å²) in [7, 11) is 0. The third-order valence-electron chi connectivity index (χ3n) is 3.43. The maximum Gasteiger partial charge on any atom is 0.160 e. The number of hydrogen-bond donors (Lipinski definition) is 1. The van der Waals surface area contributed by atoms with Gasteiger partial charge in [0.25, 0.3) is 0 Å². The van der Waals surface area contributed by atoms with Crippen molar-refractivity contribution in [2.75, 3.05) is 6.54 Å². The van der Waals surface area contributed by atoms with Gasteiger partial charge in [-0.3, -0.25) is 0 Å². The first kappa shape index (κ1) is 10.7. The molecule has 3 rings (SSSR count). The Kier molecular flexibility index (Phi) is 2.59. The molecule has 2 heterocycles. The Morgan fingerprint density at radius 1 is 1.53 bits per heavy atom. The first-order valence-electron chi connectivity index (χ1n) is 6.34. The van der Waals surface area contributed by atoms with Crippen molar-refractivity contribution < 1.29 is 0 Å². The number of aromatic nitrogens is 3. The van der Waals surface area contributed by atoms with E-state index in [4.69, 9.17) is 10.7 Å². The zero-order valence-corrected chi connectivity index (χ0v) is 10.1. The normalized spacial score (nSPS) is 17.5. The lowest BCUT2D eigenvalue weighted by Gasteiger charge is -2.12. The van der Waals surface area contributed by atoms with Crippen molar-refractivity contribution in [2.45, 2.75) is 38.1 Å². The quantitative estimate of drug-likeness (QED) is 0.876. The van der Waals surface area contributed by atoms with Crippen molar-refractivity contribution >= 4 is 11.2 Å². The predicted molar refractivity (Wildman–Crippen MR) is 67.9 cm³/mol. The maximum absolute atomic E-state index is 5.65. The topological polar surface area (TPSA) is 56.7 Å². The summed E-state index contributed by atoms with van der Waals surface area (Å²) in [5, 5.41) is 0. The van der Waals surface area contributed by atoms with Gasteiger partial charge in [0, 0.05) is 18.2 Å². The molecule has 1 saturated carbocycles. The Bertz CT molecular complexity index is 527. The third-order valence-corrected chi connectivity index (χ3v) is 3.43. The van der Waals surface area contributed by atoms with E-state index in [1.807, 2.05) is 18.3 Å². The molecule has 1 aliphatic rings. The van der Waals surface area contributed by atoms with Crippen LogP contribution in [0.1, 0.15) is 44.0 Å². The van der Waals surface area contributed by atoms with Crippen LogP contribution in [-0.2, 0) is 0 Å². The van der Waals surface area contributed by atoms with Crippen LogP contribution < -0.4 is 5.73 Å². The van der Waals surface area contributed by atoms with E-state index in [9.17, 15) is 0 Å². The van der Waals surface area contributed by atoms with E-state index in [-0.39, 0.29) is 0 Å². The summed E-state index contributed by atoms with van der Waals surface area (Å²) < 4.78 is 2.33. The number of nitrogens with zero attached hydrogens (tertiary/aromatic N) is 3. The third kappa shape index (κ3) is 1.82. The van der Waals surface area contributed by atoms with Crippen molar-refractivity contribution in [3.8, 4) is 0 Å². The van der Waals surface area contributed by atoms with E-state index in [2.05, 4.69) is 16.5 Å². The van der Waals surface area contributed by atoms with Gasteiger partial charge >= 0.3 is 0 Å². The van der Waals surface area contributed by atoms with Crippen molar-refractivity contribution in [2.24, 2.45) is 5.73 Å². The van der Waals surface area contributed by atoms with Crippen LogP contribution in [0.5, 0.6) is 0 Å². The largest absolute Gasteiger partial charge is 0.330 e. The van der Waals surface area contributed by atoms with Crippen molar-refractivity contribution in [3.63, 3.8) is 0 Å². The predicted octanol–water partition coefficient (Wildman–Crippen LogP) is 2.22. The molecule has 1 fully saturated rings. The molecule has 4 nitrogen and oxygen atoms in total. The molecule has 0 saturated heterocycles. The van der Waals surface area contributed by atoms with Crippen LogP contribution in [0.3, 0.4) is 0 Å². The first-order chi connectivity index (χ1) is 8.31. The summed E-state index contributed by atoms with van der Waals surface area (Å²) in [4.78, 5) is 9.21. The van der Waals surface area contributed by atoms with Gasteiger partial charge in [0.2, 0.25) is 0 Å². The van der Waals surface area contributed by atoms with Gasteiger partial charge in [-0.1, -0.05) is 6.92 Å². The Labute approximate surface area is 101 Å². The van der Waals surface area contributed by atoms with Gasteiger partial charge in [-0.05, 0) is 37.9 Å². The molecular formula is C13H18N4. The van der Waals surface area contributed by atoms with Gasteiger partial charge in [-0.15, -0.1) is 0 Å². The fourth-order valence-electron chi connectivity index (χ4n) is 2.37. The van der Waals surface area contributed by atoms with Crippen LogP contribution in [0.2, 0.25) is 0 Å². The van der Waals surface area contributed by atoms with E-state index >= 15 is 0 Å². The highest BCUT2D eigenvalue weighted by molar-refractivity contribution is 5.71. The van der Waals surface area contributed by atoms with Gasteiger partial charge in [0.15, 0.2) is 5.65 Å². The van der Waals surface area contributed by atoms with Gasteiger partial charge in [0.05, 0.1) is 0 Å². The Hall–Kier alpha value is -1.42. The first-order valence-corrected chi connectivity index (χ1v) is 6.34. The molecular weight excluding hydrogens is 212 g/mol. The molecule has 4 heteroatoms.